The molecule has 1 fully saturated rings. The van der Waals surface area contributed by atoms with Crippen LogP contribution in [0.25, 0.3) is 0 Å². The SMILES string of the molecule is Cc1ccc(NC(=O)N2CCN(C[C@@H](O)c3ccccc3)CC2)cc1. The van der Waals surface area contributed by atoms with Gasteiger partial charge in [0.2, 0.25) is 0 Å². The Balaban J connectivity index is 1.46. The number of hydrogen-bond acceptors (Lipinski definition) is 3. The first kappa shape index (κ1) is 17.5. The van der Waals surface area contributed by atoms with Crippen LogP contribution in [0.2, 0.25) is 0 Å². The molecule has 1 aliphatic heterocycles. The van der Waals surface area contributed by atoms with Gasteiger partial charge < -0.3 is 15.3 Å². The molecule has 0 aliphatic carbocycles. The molecule has 2 aromatic carbocycles. The second-order valence-electron chi connectivity index (χ2n) is 6.51. The number of β-amino-alcohol motifs (C(OH)–C–C–N with tert-alkyl or cyclic N) is 1. The van der Waals surface area contributed by atoms with E-state index in [9.17, 15) is 9.90 Å². The number of amides is 2. The molecule has 0 radical (unpaired) electrons. The Kier molecular flexibility index (Phi) is 5.68. The molecule has 2 amide bonds. The number of benzene rings is 2. The Morgan fingerprint density at radius 1 is 1.04 bits per heavy atom. The zero-order valence-electron chi connectivity index (χ0n) is 14.6. The van der Waals surface area contributed by atoms with Crippen molar-refractivity contribution in [3.63, 3.8) is 0 Å². The van der Waals surface area contributed by atoms with Crippen molar-refractivity contribution in [1.82, 2.24) is 9.80 Å². The molecular formula is C20H25N3O2. The third-order valence-corrected chi connectivity index (χ3v) is 4.58. The van der Waals surface area contributed by atoms with Crippen LogP contribution in [0.15, 0.2) is 54.6 Å². The average Bonchev–Trinajstić information content (AvgIpc) is 2.65. The van der Waals surface area contributed by atoms with Crippen molar-refractivity contribution < 1.29 is 9.90 Å². The summed E-state index contributed by atoms with van der Waals surface area (Å²) < 4.78 is 0. The first-order chi connectivity index (χ1) is 12.1. The molecular weight excluding hydrogens is 314 g/mol. The van der Waals surface area contributed by atoms with Gasteiger partial charge in [0.15, 0.2) is 0 Å². The molecule has 1 aliphatic rings. The topological polar surface area (TPSA) is 55.8 Å². The highest BCUT2D eigenvalue weighted by Gasteiger charge is 2.23. The minimum absolute atomic E-state index is 0.0629. The number of hydrogen-bond donors (Lipinski definition) is 2. The number of carbonyl (C=O) groups is 1. The van der Waals surface area contributed by atoms with Crippen molar-refractivity contribution in [2.24, 2.45) is 0 Å². The largest absolute Gasteiger partial charge is 0.387 e. The van der Waals surface area contributed by atoms with Gasteiger partial charge in [-0.15, -0.1) is 0 Å². The molecule has 0 unspecified atom stereocenters. The highest BCUT2D eigenvalue weighted by Crippen LogP contribution is 2.16. The van der Waals surface area contributed by atoms with Crippen LogP contribution in [0.3, 0.4) is 0 Å². The van der Waals surface area contributed by atoms with Crippen LogP contribution in [0.5, 0.6) is 0 Å². The van der Waals surface area contributed by atoms with Gasteiger partial charge in [0.1, 0.15) is 0 Å². The van der Waals surface area contributed by atoms with Gasteiger partial charge in [0, 0.05) is 38.4 Å². The third-order valence-electron chi connectivity index (χ3n) is 4.58. The lowest BCUT2D eigenvalue weighted by molar-refractivity contribution is 0.0831. The molecule has 2 N–H and O–H groups in total. The Morgan fingerprint density at radius 3 is 2.32 bits per heavy atom. The molecule has 25 heavy (non-hydrogen) atoms. The second kappa shape index (κ2) is 8.14. The van der Waals surface area contributed by atoms with Gasteiger partial charge in [-0.3, -0.25) is 4.90 Å². The van der Waals surface area contributed by atoms with E-state index in [2.05, 4.69) is 10.2 Å². The summed E-state index contributed by atoms with van der Waals surface area (Å²) in [6.45, 7) is 5.49. The zero-order valence-corrected chi connectivity index (χ0v) is 14.6. The molecule has 0 bridgehead atoms. The number of anilines is 1. The van der Waals surface area contributed by atoms with E-state index in [1.807, 2.05) is 66.4 Å². The lowest BCUT2D eigenvalue weighted by Gasteiger charge is -2.35. The second-order valence-corrected chi connectivity index (χ2v) is 6.51. The van der Waals surface area contributed by atoms with E-state index >= 15 is 0 Å². The summed E-state index contributed by atoms with van der Waals surface area (Å²) in [5.41, 5.74) is 2.92. The fourth-order valence-electron chi connectivity index (χ4n) is 3.00. The maximum Gasteiger partial charge on any atom is 0.321 e. The number of nitrogens with zero attached hydrogens (tertiary/aromatic N) is 2. The van der Waals surface area contributed by atoms with Crippen molar-refractivity contribution in [3.05, 3.63) is 65.7 Å². The number of aryl methyl sites for hydroxylation is 1. The van der Waals surface area contributed by atoms with E-state index < -0.39 is 6.10 Å². The number of nitrogens with one attached hydrogen (secondary N) is 1. The molecule has 1 saturated heterocycles. The maximum atomic E-state index is 12.3. The minimum Gasteiger partial charge on any atom is -0.387 e. The Labute approximate surface area is 148 Å². The van der Waals surface area contributed by atoms with E-state index in [4.69, 9.17) is 0 Å². The van der Waals surface area contributed by atoms with Gasteiger partial charge in [0.25, 0.3) is 0 Å². The van der Waals surface area contributed by atoms with Crippen LogP contribution in [0.1, 0.15) is 17.2 Å². The van der Waals surface area contributed by atoms with Crippen molar-refractivity contribution in [2.75, 3.05) is 38.0 Å². The van der Waals surface area contributed by atoms with Gasteiger partial charge in [0.05, 0.1) is 6.10 Å². The lowest BCUT2D eigenvalue weighted by atomic mass is 10.1. The molecule has 3 rings (SSSR count). The van der Waals surface area contributed by atoms with Gasteiger partial charge >= 0.3 is 6.03 Å². The van der Waals surface area contributed by atoms with Crippen LogP contribution in [-0.4, -0.2) is 53.7 Å². The quantitative estimate of drug-likeness (QED) is 0.900. The molecule has 0 aromatic heterocycles. The maximum absolute atomic E-state index is 12.3. The van der Waals surface area contributed by atoms with Crippen LogP contribution in [0.4, 0.5) is 10.5 Å². The molecule has 1 heterocycles. The zero-order chi connectivity index (χ0) is 17.6. The van der Waals surface area contributed by atoms with Crippen LogP contribution in [-0.2, 0) is 0 Å². The van der Waals surface area contributed by atoms with E-state index in [1.54, 1.807) is 0 Å². The number of carbonyl (C=O) groups excluding carboxylic acids is 1. The summed E-state index contributed by atoms with van der Waals surface area (Å²) >= 11 is 0. The van der Waals surface area contributed by atoms with Crippen LogP contribution in [0, 0.1) is 6.92 Å². The number of urea groups is 1. The standard InChI is InChI=1S/C20H25N3O2/c1-16-7-9-18(10-8-16)21-20(25)23-13-11-22(12-14-23)15-19(24)17-5-3-2-4-6-17/h2-10,19,24H,11-15H2,1H3,(H,21,25)/t19-/m1/s1. The normalized spacial score (nSPS) is 16.5. The van der Waals surface area contributed by atoms with E-state index in [1.165, 1.54) is 5.56 Å². The molecule has 5 heteroatoms. The summed E-state index contributed by atoms with van der Waals surface area (Å²) in [6.07, 6.45) is -0.492. The summed E-state index contributed by atoms with van der Waals surface area (Å²) in [4.78, 5) is 16.4. The highest BCUT2D eigenvalue weighted by molar-refractivity contribution is 5.89. The van der Waals surface area contributed by atoms with Crippen molar-refractivity contribution in [3.8, 4) is 0 Å². The Hall–Kier alpha value is -2.37. The molecule has 132 valence electrons. The predicted octanol–water partition coefficient (Wildman–Crippen LogP) is 2.88. The monoisotopic (exact) mass is 339 g/mol. The Morgan fingerprint density at radius 2 is 1.68 bits per heavy atom. The lowest BCUT2D eigenvalue weighted by Crippen LogP contribution is -2.50. The summed E-state index contributed by atoms with van der Waals surface area (Å²) in [6, 6.07) is 17.4. The van der Waals surface area contributed by atoms with E-state index in [0.29, 0.717) is 19.6 Å². The summed E-state index contributed by atoms with van der Waals surface area (Å²) in [7, 11) is 0. The molecule has 2 aromatic rings. The van der Waals surface area contributed by atoms with E-state index in [-0.39, 0.29) is 6.03 Å². The highest BCUT2D eigenvalue weighted by atomic mass is 16.3. The predicted molar refractivity (Wildman–Crippen MR) is 99.6 cm³/mol. The third kappa shape index (κ3) is 4.81. The van der Waals surface area contributed by atoms with Gasteiger partial charge in [-0.2, -0.15) is 0 Å². The Bertz CT molecular complexity index is 680. The average molecular weight is 339 g/mol. The fourth-order valence-corrected chi connectivity index (χ4v) is 3.00. The molecule has 0 saturated carbocycles. The number of aliphatic hydroxyl groups is 1. The van der Waals surface area contributed by atoms with Crippen molar-refractivity contribution in [2.45, 2.75) is 13.0 Å². The number of aliphatic hydroxyl groups excluding tert-OH is 1. The van der Waals surface area contributed by atoms with Crippen molar-refractivity contribution >= 4 is 11.7 Å². The van der Waals surface area contributed by atoms with E-state index in [0.717, 1.165) is 24.3 Å². The fraction of sp³-hybridized carbons (Fsp3) is 0.350. The number of piperazine rings is 1. The molecule has 5 nitrogen and oxygen atoms in total. The van der Waals surface area contributed by atoms with Crippen LogP contribution >= 0.6 is 0 Å². The van der Waals surface area contributed by atoms with Crippen LogP contribution < -0.4 is 5.32 Å². The van der Waals surface area contributed by atoms with Crippen molar-refractivity contribution in [1.29, 1.82) is 0 Å². The molecule has 0 spiro atoms. The summed E-state index contributed by atoms with van der Waals surface area (Å²) in [5.74, 6) is 0. The molecule has 1 atom stereocenters. The first-order valence-electron chi connectivity index (χ1n) is 8.70. The van der Waals surface area contributed by atoms with Gasteiger partial charge in [-0.05, 0) is 24.6 Å². The van der Waals surface area contributed by atoms with Gasteiger partial charge in [-0.1, -0.05) is 48.0 Å². The van der Waals surface area contributed by atoms with Gasteiger partial charge in [-0.25, -0.2) is 4.79 Å². The summed E-state index contributed by atoms with van der Waals surface area (Å²) in [5, 5.41) is 13.3. The first-order valence-corrected chi connectivity index (χ1v) is 8.70. The minimum atomic E-state index is -0.492. The number of rotatable bonds is 4. The smallest absolute Gasteiger partial charge is 0.321 e.